The lowest BCUT2D eigenvalue weighted by molar-refractivity contribution is 0.402. The molecule has 5 nitrogen and oxygen atoms in total. The highest BCUT2D eigenvalue weighted by Crippen LogP contribution is 2.27. The molecule has 0 spiro atoms. The van der Waals surface area contributed by atoms with E-state index in [4.69, 9.17) is 21.5 Å². The van der Waals surface area contributed by atoms with Crippen molar-refractivity contribution in [3.05, 3.63) is 28.8 Å². The van der Waals surface area contributed by atoms with Gasteiger partial charge in [-0.1, -0.05) is 11.6 Å². The molecule has 0 aliphatic heterocycles. The largest absolute Gasteiger partial charge is 0.496 e. The number of ether oxygens (including phenoxy) is 1. The number of halogens is 1. The lowest BCUT2D eigenvalue weighted by atomic mass is 10.1. The molecule has 102 valence electrons. The Labute approximate surface area is 112 Å². The molecular weight excluding hydrogens is 276 g/mol. The van der Waals surface area contributed by atoms with Gasteiger partial charge >= 0.3 is 0 Å². The minimum Gasteiger partial charge on any atom is -0.496 e. The summed E-state index contributed by atoms with van der Waals surface area (Å²) in [6.07, 6.45) is 0. The van der Waals surface area contributed by atoms with E-state index >= 15 is 0 Å². The molecule has 0 heterocycles. The van der Waals surface area contributed by atoms with Crippen molar-refractivity contribution in [1.82, 2.24) is 5.32 Å². The highest BCUT2D eigenvalue weighted by atomic mass is 35.5. The van der Waals surface area contributed by atoms with Crippen molar-refractivity contribution in [1.29, 1.82) is 0 Å². The highest BCUT2D eigenvalue weighted by Gasteiger charge is 2.12. The molecule has 1 rings (SSSR count). The van der Waals surface area contributed by atoms with Crippen LogP contribution in [0, 0.1) is 0 Å². The van der Waals surface area contributed by atoms with Gasteiger partial charge in [-0.05, 0) is 25.1 Å². The maximum absolute atomic E-state index is 10.8. The first-order valence-electron chi connectivity index (χ1n) is 5.41. The monoisotopic (exact) mass is 292 g/mol. The van der Waals surface area contributed by atoms with E-state index in [9.17, 15) is 8.42 Å². The van der Waals surface area contributed by atoms with Crippen molar-refractivity contribution in [2.45, 2.75) is 13.0 Å². The van der Waals surface area contributed by atoms with E-state index in [1.54, 1.807) is 25.3 Å². The van der Waals surface area contributed by atoms with Crippen LogP contribution in [0.25, 0.3) is 0 Å². The molecule has 0 aromatic heterocycles. The van der Waals surface area contributed by atoms with Crippen LogP contribution in [0.1, 0.15) is 18.5 Å². The lowest BCUT2D eigenvalue weighted by Crippen LogP contribution is -2.29. The quantitative estimate of drug-likeness (QED) is 0.828. The Morgan fingerprint density at radius 3 is 2.72 bits per heavy atom. The van der Waals surface area contributed by atoms with E-state index in [0.29, 0.717) is 10.8 Å². The standard InChI is InChI=1S/C11H17ClN2O3S/c1-8(14-5-6-18(13,15)16)10-7-9(12)3-4-11(10)17-2/h3-4,7-8,14H,5-6H2,1-2H3,(H2,13,15,16)/t8-/m0/s1. The molecule has 1 aromatic rings. The Morgan fingerprint density at radius 1 is 1.50 bits per heavy atom. The first-order chi connectivity index (χ1) is 8.33. The van der Waals surface area contributed by atoms with Gasteiger partial charge in [-0.15, -0.1) is 0 Å². The topological polar surface area (TPSA) is 81.4 Å². The van der Waals surface area contributed by atoms with Crippen LogP contribution in [-0.4, -0.2) is 27.8 Å². The third kappa shape index (κ3) is 4.81. The summed E-state index contributed by atoms with van der Waals surface area (Å²) in [5.74, 6) is 0.593. The number of methoxy groups -OCH3 is 1. The fourth-order valence-electron chi connectivity index (χ4n) is 1.57. The van der Waals surface area contributed by atoms with Crippen molar-refractivity contribution in [2.75, 3.05) is 19.4 Å². The van der Waals surface area contributed by atoms with E-state index in [2.05, 4.69) is 5.32 Å². The summed E-state index contributed by atoms with van der Waals surface area (Å²) in [7, 11) is -1.87. The molecule has 0 amide bonds. The number of sulfonamides is 1. The molecule has 7 heteroatoms. The SMILES string of the molecule is COc1ccc(Cl)cc1[C@H](C)NCCS(N)(=O)=O. The molecule has 18 heavy (non-hydrogen) atoms. The minimum atomic E-state index is -3.45. The van der Waals surface area contributed by atoms with Gasteiger partial charge in [0, 0.05) is 23.2 Å². The molecule has 0 radical (unpaired) electrons. The van der Waals surface area contributed by atoms with Crippen LogP contribution in [0.3, 0.4) is 0 Å². The second kappa shape index (κ2) is 6.38. The summed E-state index contributed by atoms with van der Waals surface area (Å²) < 4.78 is 26.9. The summed E-state index contributed by atoms with van der Waals surface area (Å²) in [4.78, 5) is 0. The van der Waals surface area contributed by atoms with Crippen LogP contribution in [0.4, 0.5) is 0 Å². The van der Waals surface area contributed by atoms with Gasteiger partial charge in [-0.3, -0.25) is 0 Å². The van der Waals surface area contributed by atoms with E-state index in [1.807, 2.05) is 6.92 Å². The number of hydrogen-bond donors (Lipinski definition) is 2. The summed E-state index contributed by atoms with van der Waals surface area (Å²) in [5, 5.41) is 8.59. The van der Waals surface area contributed by atoms with Gasteiger partial charge in [0.2, 0.25) is 10.0 Å². The van der Waals surface area contributed by atoms with Gasteiger partial charge in [-0.25, -0.2) is 13.6 Å². The second-order valence-corrected chi connectivity index (χ2v) is 6.10. The van der Waals surface area contributed by atoms with Crippen molar-refractivity contribution in [2.24, 2.45) is 5.14 Å². The van der Waals surface area contributed by atoms with E-state index in [0.717, 1.165) is 5.56 Å². The predicted molar refractivity (Wildman–Crippen MR) is 72.4 cm³/mol. The zero-order chi connectivity index (χ0) is 13.8. The Morgan fingerprint density at radius 2 is 2.17 bits per heavy atom. The molecule has 1 atom stereocenters. The zero-order valence-electron chi connectivity index (χ0n) is 10.3. The molecule has 0 aliphatic rings. The predicted octanol–water partition coefficient (Wildman–Crippen LogP) is 1.29. The summed E-state index contributed by atoms with van der Waals surface area (Å²) >= 11 is 5.93. The van der Waals surface area contributed by atoms with Gasteiger partial charge in [-0.2, -0.15) is 0 Å². The van der Waals surface area contributed by atoms with Crippen LogP contribution in [0.5, 0.6) is 5.75 Å². The highest BCUT2D eigenvalue weighted by molar-refractivity contribution is 7.89. The Kier molecular flexibility index (Phi) is 5.40. The first-order valence-corrected chi connectivity index (χ1v) is 7.50. The molecule has 0 unspecified atom stereocenters. The van der Waals surface area contributed by atoms with Gasteiger partial charge in [0.05, 0.1) is 12.9 Å². The molecule has 1 aromatic carbocycles. The number of benzene rings is 1. The van der Waals surface area contributed by atoms with E-state index in [1.165, 1.54) is 0 Å². The number of rotatable bonds is 6. The third-order valence-electron chi connectivity index (χ3n) is 2.50. The number of nitrogens with two attached hydrogens (primary N) is 1. The van der Waals surface area contributed by atoms with Crippen molar-refractivity contribution < 1.29 is 13.2 Å². The van der Waals surface area contributed by atoms with Crippen molar-refractivity contribution in [3.8, 4) is 5.75 Å². The Bertz CT molecular complexity index is 505. The van der Waals surface area contributed by atoms with Gasteiger partial charge in [0.1, 0.15) is 5.75 Å². The zero-order valence-corrected chi connectivity index (χ0v) is 11.9. The number of hydrogen-bond acceptors (Lipinski definition) is 4. The van der Waals surface area contributed by atoms with Crippen molar-refractivity contribution >= 4 is 21.6 Å². The van der Waals surface area contributed by atoms with Crippen LogP contribution in [0.15, 0.2) is 18.2 Å². The molecule has 0 saturated heterocycles. The number of primary sulfonamides is 1. The minimum absolute atomic E-state index is 0.0830. The van der Waals surface area contributed by atoms with Gasteiger partial charge < -0.3 is 10.1 Å². The van der Waals surface area contributed by atoms with Crippen molar-refractivity contribution in [3.63, 3.8) is 0 Å². The Hall–Kier alpha value is -0.820. The lowest BCUT2D eigenvalue weighted by Gasteiger charge is -2.17. The average molecular weight is 293 g/mol. The van der Waals surface area contributed by atoms with Crippen LogP contribution in [-0.2, 0) is 10.0 Å². The summed E-state index contributed by atoms with van der Waals surface area (Å²) in [6, 6.07) is 5.21. The van der Waals surface area contributed by atoms with Gasteiger partial charge in [0.15, 0.2) is 0 Å². The molecule has 0 aliphatic carbocycles. The normalized spacial score (nSPS) is 13.3. The van der Waals surface area contributed by atoms with E-state index in [-0.39, 0.29) is 18.3 Å². The smallest absolute Gasteiger partial charge is 0.210 e. The summed E-state index contributed by atoms with van der Waals surface area (Å²) in [6.45, 7) is 2.17. The number of nitrogens with one attached hydrogen (secondary N) is 1. The second-order valence-electron chi connectivity index (χ2n) is 3.93. The van der Waals surface area contributed by atoms with Crippen LogP contribution < -0.4 is 15.2 Å². The fraction of sp³-hybridized carbons (Fsp3) is 0.455. The van der Waals surface area contributed by atoms with Crippen LogP contribution >= 0.6 is 11.6 Å². The molecule has 0 fully saturated rings. The molecule has 3 N–H and O–H groups in total. The summed E-state index contributed by atoms with van der Waals surface area (Å²) in [5.41, 5.74) is 0.874. The van der Waals surface area contributed by atoms with Gasteiger partial charge in [0.25, 0.3) is 0 Å². The molecular formula is C11H17ClN2O3S. The Balaban J connectivity index is 2.71. The third-order valence-corrected chi connectivity index (χ3v) is 3.50. The van der Waals surface area contributed by atoms with E-state index < -0.39 is 10.0 Å². The van der Waals surface area contributed by atoms with Crippen LogP contribution in [0.2, 0.25) is 5.02 Å². The maximum Gasteiger partial charge on any atom is 0.210 e. The fourth-order valence-corrected chi connectivity index (χ4v) is 2.15. The first kappa shape index (κ1) is 15.2. The maximum atomic E-state index is 10.8. The molecule has 0 bridgehead atoms. The average Bonchev–Trinajstić information content (AvgIpc) is 2.27. The molecule has 0 saturated carbocycles.